The summed E-state index contributed by atoms with van der Waals surface area (Å²) >= 11 is 3.37. The Balaban J connectivity index is 2.21. The molecule has 2 rings (SSSR count). The lowest BCUT2D eigenvalue weighted by atomic mass is 9.97. The molecule has 0 spiro atoms. The third kappa shape index (κ3) is 3.28. The van der Waals surface area contributed by atoms with Gasteiger partial charge in [-0.3, -0.25) is 4.79 Å². The standard InChI is InChI=1S/C14H20BrN3O/c15-10-6-3-7-11(13(10)14(17)19)18-12(8-16)9-4-1-2-5-9/h3,6-7,9,12,18H,1-2,4-5,8,16H2,(H2,17,19). The van der Waals surface area contributed by atoms with E-state index in [0.29, 0.717) is 22.5 Å². The normalized spacial score (nSPS) is 17.4. The number of halogens is 1. The van der Waals surface area contributed by atoms with Crippen molar-refractivity contribution in [3.63, 3.8) is 0 Å². The van der Waals surface area contributed by atoms with Gasteiger partial charge in [0.1, 0.15) is 0 Å². The third-order valence-corrected chi connectivity index (χ3v) is 4.48. The highest BCUT2D eigenvalue weighted by atomic mass is 79.9. The molecule has 1 fully saturated rings. The number of carbonyl (C=O) groups is 1. The molecule has 0 saturated heterocycles. The van der Waals surface area contributed by atoms with Crippen LogP contribution in [0.2, 0.25) is 0 Å². The van der Waals surface area contributed by atoms with Gasteiger partial charge in [0, 0.05) is 22.7 Å². The highest BCUT2D eigenvalue weighted by molar-refractivity contribution is 9.10. The maximum atomic E-state index is 11.6. The van der Waals surface area contributed by atoms with E-state index in [1.54, 1.807) is 0 Å². The molecule has 1 aromatic carbocycles. The number of anilines is 1. The molecule has 0 aliphatic heterocycles. The number of carbonyl (C=O) groups excluding carboxylic acids is 1. The summed E-state index contributed by atoms with van der Waals surface area (Å²) in [4.78, 5) is 11.6. The first kappa shape index (κ1) is 14.3. The SMILES string of the molecule is NCC(Nc1cccc(Br)c1C(N)=O)C1CCCC1. The highest BCUT2D eigenvalue weighted by Gasteiger charge is 2.25. The molecular weight excluding hydrogens is 306 g/mol. The molecule has 0 bridgehead atoms. The van der Waals surface area contributed by atoms with Gasteiger partial charge in [-0.25, -0.2) is 0 Å². The minimum absolute atomic E-state index is 0.204. The maximum absolute atomic E-state index is 11.6. The van der Waals surface area contributed by atoms with E-state index in [-0.39, 0.29) is 6.04 Å². The van der Waals surface area contributed by atoms with Crippen LogP contribution in [-0.4, -0.2) is 18.5 Å². The zero-order valence-corrected chi connectivity index (χ0v) is 12.4. The van der Waals surface area contributed by atoms with Gasteiger partial charge in [0.2, 0.25) is 0 Å². The van der Waals surface area contributed by atoms with Crippen LogP contribution in [0.3, 0.4) is 0 Å². The molecule has 1 aromatic rings. The number of amides is 1. The number of nitrogens with two attached hydrogens (primary N) is 2. The Labute approximate surface area is 122 Å². The predicted octanol–water partition coefficient (Wildman–Crippen LogP) is 2.48. The predicted molar refractivity (Wildman–Crippen MR) is 81.1 cm³/mol. The topological polar surface area (TPSA) is 81.1 Å². The van der Waals surface area contributed by atoms with Crippen LogP contribution < -0.4 is 16.8 Å². The Morgan fingerprint density at radius 3 is 2.68 bits per heavy atom. The minimum Gasteiger partial charge on any atom is -0.380 e. The van der Waals surface area contributed by atoms with Crippen LogP contribution in [-0.2, 0) is 0 Å². The highest BCUT2D eigenvalue weighted by Crippen LogP contribution is 2.31. The number of nitrogens with one attached hydrogen (secondary N) is 1. The van der Waals surface area contributed by atoms with Crippen LogP contribution in [0, 0.1) is 5.92 Å². The van der Waals surface area contributed by atoms with Gasteiger partial charge in [0.15, 0.2) is 0 Å². The number of benzene rings is 1. The number of hydrogen-bond donors (Lipinski definition) is 3. The first-order valence-electron chi connectivity index (χ1n) is 6.68. The first-order chi connectivity index (χ1) is 9.13. The summed E-state index contributed by atoms with van der Waals surface area (Å²) < 4.78 is 0.715. The van der Waals surface area contributed by atoms with Crippen molar-refractivity contribution in [1.82, 2.24) is 0 Å². The summed E-state index contributed by atoms with van der Waals surface area (Å²) in [6, 6.07) is 5.79. The van der Waals surface area contributed by atoms with E-state index in [1.807, 2.05) is 18.2 Å². The summed E-state index contributed by atoms with van der Waals surface area (Å²) in [5.41, 5.74) is 12.6. The second-order valence-corrected chi connectivity index (χ2v) is 5.91. The molecule has 104 valence electrons. The molecule has 5 N–H and O–H groups in total. The van der Waals surface area contributed by atoms with E-state index in [2.05, 4.69) is 21.2 Å². The fourth-order valence-corrected chi connectivity index (χ4v) is 3.39. The van der Waals surface area contributed by atoms with E-state index in [4.69, 9.17) is 11.5 Å². The van der Waals surface area contributed by atoms with Crippen molar-refractivity contribution in [1.29, 1.82) is 0 Å². The molecule has 0 aromatic heterocycles. The molecule has 1 amide bonds. The van der Waals surface area contributed by atoms with Gasteiger partial charge in [0.25, 0.3) is 5.91 Å². The maximum Gasteiger partial charge on any atom is 0.251 e. The van der Waals surface area contributed by atoms with E-state index in [9.17, 15) is 4.79 Å². The largest absolute Gasteiger partial charge is 0.380 e. The minimum atomic E-state index is -0.433. The quantitative estimate of drug-likeness (QED) is 0.777. The molecule has 4 nitrogen and oxygen atoms in total. The van der Waals surface area contributed by atoms with Crippen LogP contribution >= 0.6 is 15.9 Å². The molecule has 0 heterocycles. The Kier molecular flexibility index (Phi) is 4.82. The zero-order chi connectivity index (χ0) is 13.8. The van der Waals surface area contributed by atoms with Crippen LogP contribution in [0.25, 0.3) is 0 Å². The molecule has 0 radical (unpaired) electrons. The summed E-state index contributed by atoms with van der Waals surface area (Å²) in [6.07, 6.45) is 4.94. The monoisotopic (exact) mass is 325 g/mol. The third-order valence-electron chi connectivity index (χ3n) is 3.82. The smallest absolute Gasteiger partial charge is 0.251 e. The molecule has 1 aliphatic carbocycles. The van der Waals surface area contributed by atoms with Crippen molar-refractivity contribution in [2.24, 2.45) is 17.4 Å². The lowest BCUT2D eigenvalue weighted by molar-refractivity contribution is 0.100. The average molecular weight is 326 g/mol. The van der Waals surface area contributed by atoms with Crippen LogP contribution in [0.15, 0.2) is 22.7 Å². The van der Waals surface area contributed by atoms with Crippen molar-refractivity contribution in [3.05, 3.63) is 28.2 Å². The molecule has 1 aliphatic rings. The van der Waals surface area contributed by atoms with Gasteiger partial charge in [0.05, 0.1) is 5.56 Å². The van der Waals surface area contributed by atoms with E-state index < -0.39 is 5.91 Å². The van der Waals surface area contributed by atoms with Gasteiger partial charge in [-0.1, -0.05) is 18.9 Å². The summed E-state index contributed by atoms with van der Waals surface area (Å²) in [5.74, 6) is 0.155. The van der Waals surface area contributed by atoms with Crippen LogP contribution in [0.5, 0.6) is 0 Å². The van der Waals surface area contributed by atoms with Crippen molar-refractivity contribution in [2.45, 2.75) is 31.7 Å². The second-order valence-electron chi connectivity index (χ2n) is 5.06. The Morgan fingerprint density at radius 2 is 2.11 bits per heavy atom. The lowest BCUT2D eigenvalue weighted by Crippen LogP contribution is -2.36. The second kappa shape index (κ2) is 6.39. The molecule has 1 unspecified atom stereocenters. The number of hydrogen-bond acceptors (Lipinski definition) is 3. The van der Waals surface area contributed by atoms with E-state index >= 15 is 0 Å². The van der Waals surface area contributed by atoms with Gasteiger partial charge >= 0.3 is 0 Å². The van der Waals surface area contributed by atoms with Crippen molar-refractivity contribution in [3.8, 4) is 0 Å². The number of rotatable bonds is 5. The van der Waals surface area contributed by atoms with Crippen molar-refractivity contribution in [2.75, 3.05) is 11.9 Å². The average Bonchev–Trinajstić information content (AvgIpc) is 2.89. The molecular formula is C14H20BrN3O. The molecule has 1 atom stereocenters. The fraction of sp³-hybridized carbons (Fsp3) is 0.500. The fourth-order valence-electron chi connectivity index (χ4n) is 2.82. The van der Waals surface area contributed by atoms with Crippen LogP contribution in [0.1, 0.15) is 36.0 Å². The van der Waals surface area contributed by atoms with E-state index in [0.717, 1.165) is 5.69 Å². The van der Waals surface area contributed by atoms with Gasteiger partial charge in [-0.05, 0) is 46.8 Å². The summed E-state index contributed by atoms with van der Waals surface area (Å²) in [5, 5.41) is 3.41. The Morgan fingerprint density at radius 1 is 1.42 bits per heavy atom. The van der Waals surface area contributed by atoms with Gasteiger partial charge < -0.3 is 16.8 Å². The summed E-state index contributed by atoms with van der Waals surface area (Å²) in [6.45, 7) is 0.565. The number of primary amides is 1. The molecule has 19 heavy (non-hydrogen) atoms. The van der Waals surface area contributed by atoms with E-state index in [1.165, 1.54) is 25.7 Å². The lowest BCUT2D eigenvalue weighted by Gasteiger charge is -2.25. The first-order valence-corrected chi connectivity index (χ1v) is 7.47. The summed E-state index contributed by atoms with van der Waals surface area (Å²) in [7, 11) is 0. The Hall–Kier alpha value is -1.07. The van der Waals surface area contributed by atoms with Crippen molar-refractivity contribution < 1.29 is 4.79 Å². The molecule has 1 saturated carbocycles. The Bertz CT molecular complexity index is 458. The van der Waals surface area contributed by atoms with Crippen molar-refractivity contribution >= 4 is 27.5 Å². The van der Waals surface area contributed by atoms with Crippen LogP contribution in [0.4, 0.5) is 5.69 Å². The van der Waals surface area contributed by atoms with Gasteiger partial charge in [-0.2, -0.15) is 0 Å². The zero-order valence-electron chi connectivity index (χ0n) is 10.9. The van der Waals surface area contributed by atoms with Gasteiger partial charge in [-0.15, -0.1) is 0 Å². The molecule has 5 heteroatoms.